The van der Waals surface area contributed by atoms with Gasteiger partial charge in [-0.1, -0.05) is 12.1 Å². The normalized spacial score (nSPS) is 15.5. The number of aromatic nitrogens is 3. The number of hydrogen-bond acceptors (Lipinski definition) is 10. The smallest absolute Gasteiger partial charge is 0.338 e. The predicted molar refractivity (Wildman–Crippen MR) is 235 cm³/mol. The summed E-state index contributed by atoms with van der Waals surface area (Å²) >= 11 is 0. The molecule has 13 heteroatoms. The first-order valence-corrected chi connectivity index (χ1v) is 21.1. The minimum Gasteiger partial charge on any atom is -0.497 e. The van der Waals surface area contributed by atoms with E-state index in [2.05, 4.69) is 36.3 Å². The second-order valence-corrected chi connectivity index (χ2v) is 15.7. The van der Waals surface area contributed by atoms with Gasteiger partial charge in [-0.25, -0.2) is 9.59 Å². The summed E-state index contributed by atoms with van der Waals surface area (Å²) in [5.41, 5.74) is 12.7. The quantitative estimate of drug-likeness (QED) is 0.0705. The van der Waals surface area contributed by atoms with Gasteiger partial charge in [-0.15, -0.1) is 0 Å². The molecule has 8 rings (SSSR count). The van der Waals surface area contributed by atoms with Crippen molar-refractivity contribution in [1.29, 1.82) is 0 Å². The van der Waals surface area contributed by atoms with Gasteiger partial charge >= 0.3 is 11.9 Å². The monoisotopic (exact) mass is 815 g/mol. The molecule has 2 aliphatic rings. The number of ether oxygens (including phenoxy) is 3. The average molecular weight is 816 g/mol. The number of nitrogens with zero attached hydrogens (tertiary/aromatic N) is 3. The van der Waals surface area contributed by atoms with E-state index in [0.717, 1.165) is 117 Å². The summed E-state index contributed by atoms with van der Waals surface area (Å²) in [6, 6.07) is 18.8. The fourth-order valence-corrected chi connectivity index (χ4v) is 8.93. The number of esters is 2. The zero-order valence-corrected chi connectivity index (χ0v) is 34.9. The summed E-state index contributed by atoms with van der Waals surface area (Å²) < 4.78 is 15.3. The van der Waals surface area contributed by atoms with E-state index in [1.54, 1.807) is 19.4 Å². The third-order valence-corrected chi connectivity index (χ3v) is 12.1. The summed E-state index contributed by atoms with van der Waals surface area (Å²) in [4.78, 5) is 53.2. The standard InChI is InChI=1S/C29H32N4O4.C18H25N3O2/c1-36-20-7-8-25-23(17-20)21(9-13-30-25)28(34)31-12-4-14-33-15-10-19(11-16-33)24-18-32-26-6-3-5-22(27(24)26)29(35)37-2;1-23-18(22)14-4-2-5-16-17(14)15(12-20-16)13-6-10-21(11-7-13)9-3-8-19/h3,5-9,13,17-19,32H,4,10-12,14-16H2,1-2H3,(H,31,34);2,4-5,12-13,20H,3,6-11,19H2,1H3. The summed E-state index contributed by atoms with van der Waals surface area (Å²) in [6.07, 6.45) is 12.0. The van der Waals surface area contributed by atoms with Crippen molar-refractivity contribution in [1.82, 2.24) is 30.1 Å². The van der Waals surface area contributed by atoms with Gasteiger partial charge in [0.25, 0.3) is 5.91 Å². The molecular weight excluding hydrogens is 759 g/mol. The highest BCUT2D eigenvalue weighted by molar-refractivity contribution is 6.07. The molecule has 0 bridgehead atoms. The number of hydrogen-bond donors (Lipinski definition) is 4. The van der Waals surface area contributed by atoms with Crippen molar-refractivity contribution in [3.63, 3.8) is 0 Å². The summed E-state index contributed by atoms with van der Waals surface area (Å²) in [7, 11) is 4.47. The molecular formula is C47H57N7O6. The molecule has 0 aliphatic carbocycles. The molecule has 6 aromatic rings. The topological polar surface area (TPSA) is 168 Å². The van der Waals surface area contributed by atoms with Crippen LogP contribution in [0.15, 0.2) is 79.3 Å². The molecule has 13 nitrogen and oxygen atoms in total. The second kappa shape index (κ2) is 20.0. The average Bonchev–Trinajstić information content (AvgIpc) is 3.95. The maximum atomic E-state index is 12.9. The highest BCUT2D eigenvalue weighted by Gasteiger charge is 2.27. The minimum absolute atomic E-state index is 0.0971. The molecule has 2 fully saturated rings. The zero-order chi connectivity index (χ0) is 42.0. The molecule has 2 aliphatic heterocycles. The SMILES string of the molecule is COC(=O)c1cccc2[nH]cc(C3CCN(CCCN)CC3)c12.COC(=O)c1cccc2[nH]cc(C3CCN(CCCNC(=O)c4ccnc5ccc(OC)cc45)CC3)c12. The van der Waals surface area contributed by atoms with Crippen LogP contribution in [0.25, 0.3) is 32.7 Å². The van der Waals surface area contributed by atoms with E-state index in [9.17, 15) is 14.4 Å². The van der Waals surface area contributed by atoms with Gasteiger partial charge in [-0.3, -0.25) is 9.78 Å². The summed E-state index contributed by atoms with van der Waals surface area (Å²) in [5.74, 6) is 0.921. The molecule has 5 heterocycles. The molecule has 2 saturated heterocycles. The fraction of sp³-hybridized carbons (Fsp3) is 0.404. The van der Waals surface area contributed by atoms with Gasteiger partial charge < -0.3 is 45.0 Å². The molecule has 3 aromatic heterocycles. The van der Waals surface area contributed by atoms with Crippen molar-refractivity contribution in [2.24, 2.45) is 5.73 Å². The summed E-state index contributed by atoms with van der Waals surface area (Å²) in [6.45, 7) is 7.54. The Morgan fingerprint density at radius 1 is 0.733 bits per heavy atom. The minimum atomic E-state index is -0.301. The zero-order valence-electron chi connectivity index (χ0n) is 34.9. The van der Waals surface area contributed by atoms with Crippen LogP contribution >= 0.6 is 0 Å². The van der Waals surface area contributed by atoms with Crippen LogP contribution in [0.4, 0.5) is 0 Å². The number of likely N-dealkylation sites (tertiary alicyclic amines) is 2. The van der Waals surface area contributed by atoms with Gasteiger partial charge in [-0.05, 0) is 156 Å². The Morgan fingerprint density at radius 2 is 1.28 bits per heavy atom. The third kappa shape index (κ3) is 9.49. The first-order chi connectivity index (χ1) is 29.3. The Kier molecular flexibility index (Phi) is 14.1. The Hall–Kier alpha value is -5.76. The van der Waals surface area contributed by atoms with Crippen LogP contribution in [-0.2, 0) is 9.47 Å². The van der Waals surface area contributed by atoms with Crippen LogP contribution in [0.1, 0.15) is 92.6 Å². The number of aromatic amines is 2. The van der Waals surface area contributed by atoms with Gasteiger partial charge in [0.1, 0.15) is 5.75 Å². The fourth-order valence-electron chi connectivity index (χ4n) is 8.93. The molecule has 0 radical (unpaired) electrons. The number of piperidine rings is 2. The molecule has 0 saturated carbocycles. The van der Waals surface area contributed by atoms with Crippen molar-refractivity contribution < 1.29 is 28.6 Å². The number of rotatable bonds is 13. The van der Waals surface area contributed by atoms with Crippen molar-refractivity contribution in [3.05, 3.63) is 107 Å². The lowest BCUT2D eigenvalue weighted by atomic mass is 9.88. The molecule has 0 spiro atoms. The molecule has 60 heavy (non-hydrogen) atoms. The molecule has 1 amide bonds. The van der Waals surface area contributed by atoms with E-state index in [4.69, 9.17) is 19.9 Å². The first kappa shape index (κ1) is 42.4. The van der Waals surface area contributed by atoms with Gasteiger partial charge in [0.15, 0.2) is 0 Å². The van der Waals surface area contributed by atoms with E-state index in [0.29, 0.717) is 40.8 Å². The van der Waals surface area contributed by atoms with Gasteiger partial charge in [0.05, 0.1) is 43.5 Å². The molecule has 5 N–H and O–H groups in total. The third-order valence-electron chi connectivity index (χ3n) is 12.1. The van der Waals surface area contributed by atoms with Crippen LogP contribution in [0, 0.1) is 0 Å². The van der Waals surface area contributed by atoms with Crippen LogP contribution in [0.3, 0.4) is 0 Å². The molecule has 3 aromatic carbocycles. The van der Waals surface area contributed by atoms with Crippen LogP contribution < -0.4 is 15.8 Å². The Balaban J connectivity index is 0.000000203. The van der Waals surface area contributed by atoms with Crippen molar-refractivity contribution in [2.45, 2.75) is 50.4 Å². The molecule has 0 atom stereocenters. The number of benzene rings is 3. The van der Waals surface area contributed by atoms with Gasteiger partial charge in [0.2, 0.25) is 0 Å². The Morgan fingerprint density at radius 3 is 1.80 bits per heavy atom. The highest BCUT2D eigenvalue weighted by atomic mass is 16.5. The van der Waals surface area contributed by atoms with Crippen LogP contribution in [0.5, 0.6) is 5.75 Å². The van der Waals surface area contributed by atoms with Crippen LogP contribution in [-0.4, -0.2) is 116 Å². The lowest BCUT2D eigenvalue weighted by Crippen LogP contribution is -2.35. The number of nitrogens with two attached hydrogens (primary N) is 1. The van der Waals surface area contributed by atoms with E-state index in [-0.39, 0.29) is 17.8 Å². The number of methoxy groups -OCH3 is 3. The first-order valence-electron chi connectivity index (χ1n) is 21.1. The van der Waals surface area contributed by atoms with Crippen LogP contribution in [0.2, 0.25) is 0 Å². The number of amides is 1. The molecule has 316 valence electrons. The van der Waals surface area contributed by atoms with E-state index < -0.39 is 0 Å². The lowest BCUT2D eigenvalue weighted by molar-refractivity contribution is 0.0594. The van der Waals surface area contributed by atoms with Gasteiger partial charge in [0, 0.05) is 52.3 Å². The number of fused-ring (bicyclic) bond motifs is 3. The highest BCUT2D eigenvalue weighted by Crippen LogP contribution is 2.36. The van der Waals surface area contributed by atoms with Crippen molar-refractivity contribution in [3.8, 4) is 5.75 Å². The van der Waals surface area contributed by atoms with Crippen molar-refractivity contribution >= 4 is 50.6 Å². The maximum Gasteiger partial charge on any atom is 0.338 e. The number of nitrogens with one attached hydrogen (secondary N) is 3. The second-order valence-electron chi connectivity index (χ2n) is 15.7. The predicted octanol–water partition coefficient (Wildman–Crippen LogP) is 6.99. The summed E-state index contributed by atoms with van der Waals surface area (Å²) in [5, 5.41) is 5.86. The molecule has 0 unspecified atom stereocenters. The van der Waals surface area contributed by atoms with Gasteiger partial charge in [-0.2, -0.15) is 0 Å². The largest absolute Gasteiger partial charge is 0.497 e. The number of carbonyl (C=O) groups excluding carboxylic acids is 3. The number of pyridine rings is 1. The number of H-pyrrole nitrogens is 2. The Bertz CT molecular complexity index is 2410. The Labute approximate surface area is 350 Å². The van der Waals surface area contributed by atoms with E-state index in [1.165, 1.54) is 25.3 Å². The maximum absolute atomic E-state index is 12.9. The number of carbonyl (C=O) groups is 3. The lowest BCUT2D eigenvalue weighted by Gasteiger charge is -2.32. The van der Waals surface area contributed by atoms with Crippen molar-refractivity contribution in [2.75, 3.05) is 73.7 Å². The van der Waals surface area contributed by atoms with E-state index >= 15 is 0 Å². The van der Waals surface area contributed by atoms with E-state index in [1.807, 2.05) is 60.8 Å².